The van der Waals surface area contributed by atoms with E-state index < -0.39 is 0 Å². The molecule has 0 aliphatic heterocycles. The molecule has 0 atom stereocenters. The summed E-state index contributed by atoms with van der Waals surface area (Å²) in [5.41, 5.74) is 2.50. The fourth-order valence-electron chi connectivity index (χ4n) is 1.57. The molecule has 0 fully saturated rings. The van der Waals surface area contributed by atoms with Crippen molar-refractivity contribution < 1.29 is 16.4 Å². The molecule has 2 aromatic rings. The third kappa shape index (κ3) is 3.25. The molecule has 0 aliphatic carbocycles. The Morgan fingerprint density at radius 1 is 1.06 bits per heavy atom. The SMILES string of the molecule is Cc1ccccc1NC(=O)Nc1cccc([ClH+])c1. The number of carbonyl (C=O) groups is 1. The van der Waals surface area contributed by atoms with Gasteiger partial charge in [-0.2, -0.15) is 0 Å². The van der Waals surface area contributed by atoms with Crippen LogP contribution in [0, 0.1) is 18.5 Å². The Balaban J connectivity index is 2.03. The fourth-order valence-corrected chi connectivity index (χ4v) is 1.78. The van der Waals surface area contributed by atoms with Gasteiger partial charge in [-0.1, -0.05) is 24.3 Å². The number of aryl methyl sites for hydroxylation is 1. The quantitative estimate of drug-likeness (QED) is 0.855. The highest BCUT2D eigenvalue weighted by molar-refractivity contribution is 6.00. The lowest BCUT2D eigenvalue weighted by atomic mass is 10.2. The van der Waals surface area contributed by atoms with Gasteiger partial charge in [-0.15, -0.1) is 0 Å². The molecule has 0 saturated heterocycles. The number of amides is 2. The van der Waals surface area contributed by atoms with E-state index in [1.165, 1.54) is 0 Å². The smallest absolute Gasteiger partial charge is 0.308 e. The zero-order valence-electron chi connectivity index (χ0n) is 9.94. The number of anilines is 2. The number of hydrogen-bond acceptors (Lipinski definition) is 1. The molecule has 2 rings (SSSR count). The van der Waals surface area contributed by atoms with Crippen LogP contribution in [0.2, 0.25) is 5.02 Å². The highest BCUT2D eigenvalue weighted by Crippen LogP contribution is 2.15. The van der Waals surface area contributed by atoms with Crippen molar-refractivity contribution in [2.24, 2.45) is 0 Å². The molecule has 0 bridgehead atoms. The van der Waals surface area contributed by atoms with Gasteiger partial charge in [0.2, 0.25) is 5.02 Å². The van der Waals surface area contributed by atoms with Crippen molar-refractivity contribution in [3.8, 4) is 0 Å². The van der Waals surface area contributed by atoms with E-state index in [0.717, 1.165) is 11.3 Å². The van der Waals surface area contributed by atoms with Gasteiger partial charge in [0.15, 0.2) is 11.6 Å². The Kier molecular flexibility index (Phi) is 3.85. The summed E-state index contributed by atoms with van der Waals surface area (Å²) in [5.74, 6) is 0. The standard InChI is InChI=1S/C14H13ClN2O/c1-10-5-2-3-8-13(10)17-14(18)16-12-7-4-6-11(15)9-12/h2-9,15H,1H3,(H-,16,17,18)/p+1. The molecule has 0 unspecified atom stereocenters. The lowest BCUT2D eigenvalue weighted by Crippen LogP contribution is -2.19. The minimum atomic E-state index is -0.273. The summed E-state index contributed by atoms with van der Waals surface area (Å²) in [7, 11) is 0. The summed E-state index contributed by atoms with van der Waals surface area (Å²) in [4.78, 5) is 11.8. The first-order valence-electron chi connectivity index (χ1n) is 5.56. The molecule has 0 spiro atoms. The molecule has 2 aromatic carbocycles. The van der Waals surface area contributed by atoms with Gasteiger partial charge >= 0.3 is 6.03 Å². The summed E-state index contributed by atoms with van der Waals surface area (Å²) < 4.78 is 0. The number of halogens is 1. The van der Waals surface area contributed by atoms with E-state index in [0.29, 0.717) is 10.7 Å². The van der Waals surface area contributed by atoms with Crippen LogP contribution < -0.4 is 10.6 Å². The van der Waals surface area contributed by atoms with E-state index in [1.807, 2.05) is 37.3 Å². The monoisotopic (exact) mass is 261 g/mol. The third-order valence-corrected chi connectivity index (χ3v) is 2.74. The second kappa shape index (κ2) is 5.56. The van der Waals surface area contributed by atoms with Crippen molar-refractivity contribution >= 4 is 17.4 Å². The summed E-state index contributed by atoms with van der Waals surface area (Å²) in [6.45, 7) is 1.94. The molecule has 92 valence electrons. The zero-order chi connectivity index (χ0) is 13.0. The van der Waals surface area contributed by atoms with Crippen LogP contribution in [0.4, 0.5) is 16.2 Å². The lowest BCUT2D eigenvalue weighted by molar-refractivity contribution is -0.288. The van der Waals surface area contributed by atoms with Gasteiger partial charge in [-0.25, -0.2) is 4.79 Å². The van der Waals surface area contributed by atoms with Crippen LogP contribution in [-0.4, -0.2) is 6.03 Å². The minimum Gasteiger partial charge on any atom is -0.308 e. The van der Waals surface area contributed by atoms with Crippen molar-refractivity contribution in [3.63, 3.8) is 0 Å². The van der Waals surface area contributed by atoms with Crippen molar-refractivity contribution in [1.29, 1.82) is 0 Å². The van der Waals surface area contributed by atoms with Gasteiger partial charge in [0.1, 0.15) is 0 Å². The van der Waals surface area contributed by atoms with Gasteiger partial charge in [-0.3, -0.25) is 0 Å². The molecule has 0 saturated carbocycles. The number of benzene rings is 2. The maximum absolute atomic E-state index is 11.8. The van der Waals surface area contributed by atoms with Crippen molar-refractivity contribution in [2.75, 3.05) is 10.6 Å². The number of nitrogens with one attached hydrogen (secondary N) is 2. The Labute approximate surface area is 111 Å². The van der Waals surface area contributed by atoms with E-state index in [2.05, 4.69) is 10.6 Å². The first kappa shape index (κ1) is 12.5. The van der Waals surface area contributed by atoms with Crippen molar-refractivity contribution in [2.45, 2.75) is 6.92 Å². The number of rotatable bonds is 2. The fraction of sp³-hybridized carbons (Fsp3) is 0.0714. The Morgan fingerprint density at radius 3 is 2.56 bits per heavy atom. The molecular formula is C14H14ClN2O+. The summed E-state index contributed by atoms with van der Waals surface area (Å²) in [5, 5.41) is 6.23. The van der Waals surface area contributed by atoms with Crippen LogP contribution in [-0.2, 0) is 0 Å². The molecule has 0 radical (unpaired) electrons. The molecule has 4 heteroatoms. The minimum absolute atomic E-state index is 0.273. The van der Waals surface area contributed by atoms with Crippen LogP contribution in [0.15, 0.2) is 48.5 Å². The second-order valence-electron chi connectivity index (χ2n) is 3.92. The molecule has 0 aliphatic rings. The largest absolute Gasteiger partial charge is 0.323 e. The third-order valence-electron chi connectivity index (χ3n) is 2.49. The van der Waals surface area contributed by atoms with E-state index in [-0.39, 0.29) is 6.03 Å². The van der Waals surface area contributed by atoms with Crippen LogP contribution in [0.25, 0.3) is 0 Å². The van der Waals surface area contributed by atoms with Crippen LogP contribution in [0.5, 0.6) is 0 Å². The maximum Gasteiger partial charge on any atom is 0.323 e. The van der Waals surface area contributed by atoms with Crippen molar-refractivity contribution in [1.82, 2.24) is 0 Å². The topological polar surface area (TPSA) is 41.1 Å². The van der Waals surface area contributed by atoms with Crippen LogP contribution in [0.3, 0.4) is 0 Å². The zero-order valence-corrected chi connectivity index (χ0v) is 10.8. The van der Waals surface area contributed by atoms with Crippen molar-refractivity contribution in [3.05, 3.63) is 59.1 Å². The van der Waals surface area contributed by atoms with Gasteiger partial charge in [-0.05, 0) is 24.6 Å². The predicted octanol–water partition coefficient (Wildman–Crippen LogP) is 3.34. The average Bonchev–Trinajstić information content (AvgIpc) is 2.32. The predicted molar refractivity (Wildman–Crippen MR) is 70.8 cm³/mol. The van der Waals surface area contributed by atoms with Gasteiger partial charge in [0, 0.05) is 23.5 Å². The molecular weight excluding hydrogens is 248 g/mol. The average molecular weight is 262 g/mol. The highest BCUT2D eigenvalue weighted by Gasteiger charge is 2.05. The van der Waals surface area contributed by atoms with E-state index in [9.17, 15) is 4.79 Å². The molecule has 18 heavy (non-hydrogen) atoms. The number of carbonyl (C=O) groups excluding carboxylic acids is 1. The van der Waals surface area contributed by atoms with Crippen LogP contribution in [0.1, 0.15) is 5.56 Å². The number of para-hydroxylation sites is 1. The normalized spacial score (nSPS) is 9.89. The summed E-state index contributed by atoms with van der Waals surface area (Å²) >= 11 is 5.03. The molecule has 0 heterocycles. The van der Waals surface area contributed by atoms with Gasteiger partial charge in [0.05, 0.1) is 0 Å². The van der Waals surface area contributed by atoms with E-state index in [4.69, 9.17) is 11.6 Å². The van der Waals surface area contributed by atoms with Gasteiger partial charge < -0.3 is 10.6 Å². The van der Waals surface area contributed by atoms with E-state index >= 15 is 0 Å². The Hall–Kier alpha value is -2.00. The molecule has 2 amide bonds. The van der Waals surface area contributed by atoms with Gasteiger partial charge in [0.25, 0.3) is 0 Å². The lowest BCUT2D eigenvalue weighted by Gasteiger charge is -2.09. The number of urea groups is 1. The maximum atomic E-state index is 11.8. The Morgan fingerprint density at radius 2 is 1.83 bits per heavy atom. The molecule has 2 N–H and O–H groups in total. The Bertz CT molecular complexity index is 569. The second-order valence-corrected chi connectivity index (χ2v) is 4.39. The molecule has 3 nitrogen and oxygen atoms in total. The molecule has 0 aromatic heterocycles. The van der Waals surface area contributed by atoms with Crippen LogP contribution >= 0.6 is 0 Å². The first-order valence-corrected chi connectivity index (χ1v) is 5.97. The highest BCUT2D eigenvalue weighted by atomic mass is 35.5. The first-order chi connectivity index (χ1) is 8.65. The summed E-state index contributed by atoms with van der Waals surface area (Å²) in [6, 6.07) is 14.5. The number of hydrogen-bond donors (Lipinski definition) is 2. The summed E-state index contributed by atoms with van der Waals surface area (Å²) in [6.07, 6.45) is 0. The van der Waals surface area contributed by atoms with E-state index in [1.54, 1.807) is 18.2 Å².